The molecule has 1 saturated heterocycles. The van der Waals surface area contributed by atoms with E-state index in [2.05, 4.69) is 0 Å². The van der Waals surface area contributed by atoms with Gasteiger partial charge in [0.05, 0.1) is 13.4 Å². The fourth-order valence-electron chi connectivity index (χ4n) is 2.51. The molecule has 2 rings (SSSR count). The fraction of sp³-hybridized carbons (Fsp3) is 0.786. The zero-order chi connectivity index (χ0) is 13.4. The van der Waals surface area contributed by atoms with Crippen LogP contribution in [0.4, 0.5) is 4.79 Å². The summed E-state index contributed by atoms with van der Waals surface area (Å²) in [6.45, 7) is 7.21. The van der Waals surface area contributed by atoms with Gasteiger partial charge in [0.2, 0.25) is 0 Å². The molecule has 1 aliphatic heterocycles. The Bertz CT molecular complexity index is 364. The molecule has 0 unspecified atom stereocenters. The van der Waals surface area contributed by atoms with Crippen molar-refractivity contribution in [3.05, 3.63) is 11.8 Å². The molecule has 1 aliphatic carbocycles. The summed E-state index contributed by atoms with van der Waals surface area (Å²) in [6.07, 6.45) is 4.88. The number of rotatable bonds is 1. The van der Waals surface area contributed by atoms with E-state index in [9.17, 15) is 4.79 Å². The minimum absolute atomic E-state index is 0.186. The normalized spacial score (nSPS) is 24.2. The summed E-state index contributed by atoms with van der Waals surface area (Å²) in [4.78, 5) is 13.9. The number of likely N-dealkylation sites (tertiary alicyclic amines) is 1. The Hall–Kier alpha value is -1.19. The molecule has 0 aromatic rings. The average Bonchev–Trinajstić information content (AvgIpc) is 3.00. The van der Waals surface area contributed by atoms with E-state index >= 15 is 0 Å². The second kappa shape index (κ2) is 4.48. The lowest BCUT2D eigenvalue weighted by atomic mass is 9.90. The molecule has 102 valence electrons. The fourth-order valence-corrected chi connectivity index (χ4v) is 2.51. The second-order valence-corrected chi connectivity index (χ2v) is 6.31. The predicted octanol–water partition coefficient (Wildman–Crippen LogP) is 2.94. The summed E-state index contributed by atoms with van der Waals surface area (Å²) >= 11 is 0. The number of piperidine rings is 1. The summed E-state index contributed by atoms with van der Waals surface area (Å²) in [5.74, 6) is 0. The van der Waals surface area contributed by atoms with Crippen molar-refractivity contribution in [2.24, 2.45) is 5.41 Å². The molecule has 0 N–H and O–H groups in total. The number of ether oxygens (including phenoxy) is 2. The van der Waals surface area contributed by atoms with Gasteiger partial charge in [0.25, 0.3) is 0 Å². The second-order valence-electron chi connectivity index (χ2n) is 6.31. The first-order chi connectivity index (χ1) is 8.36. The number of amides is 1. The van der Waals surface area contributed by atoms with Crippen molar-refractivity contribution in [1.29, 1.82) is 0 Å². The number of carbonyl (C=O) groups excluding carboxylic acids is 1. The molecule has 1 amide bonds. The molecular weight excluding hydrogens is 230 g/mol. The van der Waals surface area contributed by atoms with Gasteiger partial charge >= 0.3 is 6.09 Å². The summed E-state index contributed by atoms with van der Waals surface area (Å²) < 4.78 is 10.6. The Morgan fingerprint density at radius 3 is 2.56 bits per heavy atom. The van der Waals surface area contributed by atoms with Crippen LogP contribution in [0.5, 0.6) is 0 Å². The van der Waals surface area contributed by atoms with Crippen molar-refractivity contribution in [2.45, 2.75) is 45.6 Å². The lowest BCUT2D eigenvalue weighted by Crippen LogP contribution is -2.44. The van der Waals surface area contributed by atoms with Crippen LogP contribution in [0.3, 0.4) is 0 Å². The summed E-state index contributed by atoms with van der Waals surface area (Å²) in [5, 5.41) is 0. The molecule has 1 saturated carbocycles. The van der Waals surface area contributed by atoms with Crippen LogP contribution in [0, 0.1) is 5.41 Å². The molecule has 18 heavy (non-hydrogen) atoms. The Labute approximate surface area is 109 Å². The summed E-state index contributed by atoms with van der Waals surface area (Å²) in [7, 11) is 1.68. The Morgan fingerprint density at radius 1 is 1.39 bits per heavy atom. The molecule has 4 nitrogen and oxygen atoms in total. The van der Waals surface area contributed by atoms with Crippen LogP contribution in [-0.4, -0.2) is 36.8 Å². The van der Waals surface area contributed by atoms with Crippen molar-refractivity contribution >= 4 is 6.09 Å². The smallest absolute Gasteiger partial charge is 0.410 e. The van der Waals surface area contributed by atoms with Gasteiger partial charge < -0.3 is 14.4 Å². The van der Waals surface area contributed by atoms with E-state index in [1.165, 1.54) is 5.57 Å². The quantitative estimate of drug-likeness (QED) is 0.674. The maximum Gasteiger partial charge on any atom is 0.410 e. The van der Waals surface area contributed by atoms with Gasteiger partial charge in [-0.1, -0.05) is 0 Å². The van der Waals surface area contributed by atoms with Crippen LogP contribution >= 0.6 is 0 Å². The van der Waals surface area contributed by atoms with Crippen molar-refractivity contribution < 1.29 is 14.3 Å². The van der Waals surface area contributed by atoms with Gasteiger partial charge in [0.15, 0.2) is 0 Å². The third-order valence-corrected chi connectivity index (χ3v) is 3.59. The molecule has 1 heterocycles. The van der Waals surface area contributed by atoms with Gasteiger partial charge in [-0.05, 0) is 45.6 Å². The van der Waals surface area contributed by atoms with Gasteiger partial charge in [0.1, 0.15) is 5.60 Å². The zero-order valence-electron chi connectivity index (χ0n) is 11.8. The van der Waals surface area contributed by atoms with E-state index in [1.54, 1.807) is 7.11 Å². The van der Waals surface area contributed by atoms with E-state index in [1.807, 2.05) is 31.9 Å². The lowest BCUT2D eigenvalue weighted by molar-refractivity contribution is 0.0188. The number of methoxy groups -OCH3 is 1. The largest absolute Gasteiger partial charge is 0.504 e. The van der Waals surface area contributed by atoms with Gasteiger partial charge in [0, 0.05) is 18.5 Å². The standard InChI is InChI=1S/C14H23NO3/c1-13(2,3)18-12(16)15-8-5-11(9-17-4)14(10-15)6-7-14/h9H,5-8,10H2,1-4H3/b11-9-. The van der Waals surface area contributed by atoms with Gasteiger partial charge in [-0.3, -0.25) is 0 Å². The van der Waals surface area contributed by atoms with E-state index in [-0.39, 0.29) is 11.5 Å². The lowest BCUT2D eigenvalue weighted by Gasteiger charge is -2.35. The van der Waals surface area contributed by atoms with Crippen molar-refractivity contribution in [1.82, 2.24) is 4.90 Å². The Balaban J connectivity index is 1.99. The predicted molar refractivity (Wildman–Crippen MR) is 69.2 cm³/mol. The van der Waals surface area contributed by atoms with E-state index in [0.717, 1.165) is 32.4 Å². The molecule has 0 atom stereocenters. The maximum atomic E-state index is 12.0. The van der Waals surface area contributed by atoms with E-state index < -0.39 is 5.60 Å². The third-order valence-electron chi connectivity index (χ3n) is 3.59. The summed E-state index contributed by atoms with van der Waals surface area (Å²) in [5.41, 5.74) is 1.12. The van der Waals surface area contributed by atoms with Crippen LogP contribution in [0.2, 0.25) is 0 Å². The highest BCUT2D eigenvalue weighted by Gasteiger charge is 2.50. The number of nitrogens with zero attached hydrogens (tertiary/aromatic N) is 1. The highest BCUT2D eigenvalue weighted by atomic mass is 16.6. The molecule has 0 aromatic heterocycles. The average molecular weight is 253 g/mol. The first-order valence-electron chi connectivity index (χ1n) is 6.57. The van der Waals surface area contributed by atoms with Crippen LogP contribution < -0.4 is 0 Å². The molecule has 1 spiro atoms. The Kier molecular flexibility index (Phi) is 3.30. The van der Waals surface area contributed by atoms with Crippen LogP contribution in [0.15, 0.2) is 11.8 Å². The summed E-state index contributed by atoms with van der Waals surface area (Å²) in [6, 6.07) is 0. The van der Waals surface area contributed by atoms with E-state index in [0.29, 0.717) is 0 Å². The highest BCUT2D eigenvalue weighted by Crippen LogP contribution is 2.55. The first kappa shape index (κ1) is 13.2. The molecule has 0 aromatic carbocycles. The number of hydrogen-bond acceptors (Lipinski definition) is 3. The minimum Gasteiger partial charge on any atom is -0.504 e. The number of hydrogen-bond donors (Lipinski definition) is 0. The van der Waals surface area contributed by atoms with Gasteiger partial charge in [-0.25, -0.2) is 4.79 Å². The van der Waals surface area contributed by atoms with Gasteiger partial charge in [-0.15, -0.1) is 0 Å². The molecule has 2 fully saturated rings. The van der Waals surface area contributed by atoms with Crippen LogP contribution in [0.25, 0.3) is 0 Å². The molecule has 4 heteroatoms. The third kappa shape index (κ3) is 2.79. The van der Waals surface area contributed by atoms with Crippen molar-refractivity contribution in [2.75, 3.05) is 20.2 Å². The first-order valence-corrected chi connectivity index (χ1v) is 6.57. The molecular formula is C14H23NO3. The van der Waals surface area contributed by atoms with Crippen molar-refractivity contribution in [3.8, 4) is 0 Å². The number of carbonyl (C=O) groups is 1. The topological polar surface area (TPSA) is 38.8 Å². The Morgan fingerprint density at radius 2 is 2.06 bits per heavy atom. The van der Waals surface area contributed by atoms with Crippen LogP contribution in [0.1, 0.15) is 40.0 Å². The monoisotopic (exact) mass is 253 g/mol. The molecule has 0 radical (unpaired) electrons. The van der Waals surface area contributed by atoms with Gasteiger partial charge in [-0.2, -0.15) is 0 Å². The van der Waals surface area contributed by atoms with Crippen LogP contribution in [-0.2, 0) is 9.47 Å². The van der Waals surface area contributed by atoms with E-state index in [4.69, 9.17) is 9.47 Å². The SMILES string of the molecule is CO/C=C1/CCN(C(=O)OC(C)(C)C)CC12CC2. The van der Waals surface area contributed by atoms with Crippen molar-refractivity contribution in [3.63, 3.8) is 0 Å². The highest BCUT2D eigenvalue weighted by molar-refractivity contribution is 5.68. The minimum atomic E-state index is -0.420. The maximum absolute atomic E-state index is 12.0. The molecule has 0 bridgehead atoms. The zero-order valence-corrected chi connectivity index (χ0v) is 11.8. The molecule has 2 aliphatic rings.